The number of carbonyl (C=O) groups excluding carboxylic acids is 1. The summed E-state index contributed by atoms with van der Waals surface area (Å²) in [6, 6.07) is 5.77. The zero-order valence-corrected chi connectivity index (χ0v) is 12.6. The number of alkyl halides is 1. The number of rotatable bonds is 3. The van der Waals surface area contributed by atoms with E-state index in [1.807, 2.05) is 25.1 Å². The molecule has 106 valence electrons. The van der Waals surface area contributed by atoms with Crippen LogP contribution in [0.15, 0.2) is 18.2 Å². The van der Waals surface area contributed by atoms with Gasteiger partial charge in [-0.1, -0.05) is 11.6 Å². The monoisotopic (exact) mass is 311 g/mol. The molecule has 1 N–H and O–H groups in total. The van der Waals surface area contributed by atoms with Gasteiger partial charge in [0.15, 0.2) is 0 Å². The molecular formula is C14H15Cl2N3O. The van der Waals surface area contributed by atoms with E-state index in [0.717, 1.165) is 23.3 Å². The lowest BCUT2D eigenvalue weighted by atomic mass is 10.2. The van der Waals surface area contributed by atoms with Gasteiger partial charge in [0.1, 0.15) is 5.82 Å². The normalized spacial score (nSPS) is 20.4. The van der Waals surface area contributed by atoms with Crippen LogP contribution in [0.3, 0.4) is 0 Å². The number of hydrogen-bond donors (Lipinski definition) is 1. The van der Waals surface area contributed by atoms with Crippen molar-refractivity contribution in [3.8, 4) is 0 Å². The maximum atomic E-state index is 11.3. The van der Waals surface area contributed by atoms with Crippen molar-refractivity contribution >= 4 is 40.1 Å². The van der Waals surface area contributed by atoms with Crippen molar-refractivity contribution in [3.05, 3.63) is 29.0 Å². The molecule has 2 heterocycles. The molecule has 20 heavy (non-hydrogen) atoms. The second-order valence-corrected chi connectivity index (χ2v) is 6.22. The lowest BCUT2D eigenvalue weighted by Crippen LogP contribution is -2.30. The van der Waals surface area contributed by atoms with Gasteiger partial charge in [0.05, 0.1) is 16.4 Å². The first-order valence-corrected chi connectivity index (χ1v) is 7.45. The van der Waals surface area contributed by atoms with E-state index in [2.05, 4.69) is 14.9 Å². The van der Waals surface area contributed by atoms with Gasteiger partial charge in [-0.3, -0.25) is 4.79 Å². The molecule has 0 bridgehead atoms. The van der Waals surface area contributed by atoms with Crippen molar-refractivity contribution in [2.45, 2.75) is 37.7 Å². The van der Waals surface area contributed by atoms with Crippen molar-refractivity contribution in [1.82, 2.24) is 14.9 Å². The van der Waals surface area contributed by atoms with Crippen LogP contribution >= 0.6 is 23.2 Å². The fourth-order valence-corrected chi connectivity index (χ4v) is 2.98. The van der Waals surface area contributed by atoms with Crippen molar-refractivity contribution < 1.29 is 4.79 Å². The smallest absolute Gasteiger partial charge is 0.220 e. The second kappa shape index (κ2) is 5.26. The predicted molar refractivity (Wildman–Crippen MR) is 80.2 cm³/mol. The first-order valence-electron chi connectivity index (χ1n) is 6.63. The highest BCUT2D eigenvalue weighted by Crippen LogP contribution is 2.27. The standard InChI is InChI=1S/C14H15Cl2N3O/c1-8(15)14-18-11-6-9(16)2-4-12(11)19(14)7-10-3-5-13(20)17-10/h2,4,6,8,10H,3,5,7H2,1H3,(H,17,20). The Balaban J connectivity index is 2.02. The fraction of sp³-hybridized carbons (Fsp3) is 0.429. The van der Waals surface area contributed by atoms with Crippen LogP contribution in [-0.4, -0.2) is 21.5 Å². The summed E-state index contributed by atoms with van der Waals surface area (Å²) in [7, 11) is 0. The van der Waals surface area contributed by atoms with E-state index in [0.29, 0.717) is 18.0 Å². The SMILES string of the molecule is CC(Cl)c1nc2cc(Cl)ccc2n1CC1CCC(=O)N1. The van der Waals surface area contributed by atoms with Crippen LogP contribution in [0, 0.1) is 0 Å². The van der Waals surface area contributed by atoms with Gasteiger partial charge in [0.25, 0.3) is 0 Å². The molecule has 3 rings (SSSR count). The lowest BCUT2D eigenvalue weighted by molar-refractivity contribution is -0.119. The van der Waals surface area contributed by atoms with Crippen LogP contribution < -0.4 is 5.32 Å². The molecule has 6 heteroatoms. The summed E-state index contributed by atoms with van der Waals surface area (Å²) in [5.41, 5.74) is 1.84. The highest BCUT2D eigenvalue weighted by Gasteiger charge is 2.24. The molecule has 2 unspecified atom stereocenters. The van der Waals surface area contributed by atoms with E-state index in [4.69, 9.17) is 23.2 Å². The third-order valence-electron chi connectivity index (χ3n) is 3.58. The summed E-state index contributed by atoms with van der Waals surface area (Å²) in [5, 5.41) is 3.44. The van der Waals surface area contributed by atoms with Gasteiger partial charge in [0, 0.05) is 24.0 Å². The Morgan fingerprint density at radius 3 is 3.00 bits per heavy atom. The number of halogens is 2. The second-order valence-electron chi connectivity index (χ2n) is 5.13. The Kier molecular flexibility index (Phi) is 3.61. The topological polar surface area (TPSA) is 46.9 Å². The van der Waals surface area contributed by atoms with Gasteiger partial charge in [-0.2, -0.15) is 0 Å². The molecule has 1 fully saturated rings. The van der Waals surface area contributed by atoms with Gasteiger partial charge < -0.3 is 9.88 Å². The minimum Gasteiger partial charge on any atom is -0.352 e. The Hall–Kier alpha value is -1.26. The quantitative estimate of drug-likeness (QED) is 0.884. The Morgan fingerprint density at radius 1 is 1.55 bits per heavy atom. The number of nitrogens with one attached hydrogen (secondary N) is 1. The molecule has 1 aliphatic rings. The highest BCUT2D eigenvalue weighted by atomic mass is 35.5. The zero-order chi connectivity index (χ0) is 14.3. The van der Waals surface area contributed by atoms with Crippen molar-refractivity contribution in [2.75, 3.05) is 0 Å². The van der Waals surface area contributed by atoms with Gasteiger partial charge >= 0.3 is 0 Å². The third-order valence-corrected chi connectivity index (χ3v) is 4.01. The molecule has 1 amide bonds. The summed E-state index contributed by atoms with van der Waals surface area (Å²) in [6.45, 7) is 2.59. The van der Waals surface area contributed by atoms with E-state index in [-0.39, 0.29) is 17.3 Å². The number of fused-ring (bicyclic) bond motifs is 1. The van der Waals surface area contributed by atoms with Gasteiger partial charge in [0.2, 0.25) is 5.91 Å². The summed E-state index contributed by atoms with van der Waals surface area (Å²) in [5.74, 6) is 0.924. The molecule has 0 spiro atoms. The highest BCUT2D eigenvalue weighted by molar-refractivity contribution is 6.31. The van der Waals surface area contributed by atoms with Gasteiger partial charge in [-0.05, 0) is 31.5 Å². The molecule has 1 aliphatic heterocycles. The molecule has 4 nitrogen and oxygen atoms in total. The van der Waals surface area contributed by atoms with Crippen LogP contribution in [0.5, 0.6) is 0 Å². The van der Waals surface area contributed by atoms with E-state index in [1.165, 1.54) is 0 Å². The van der Waals surface area contributed by atoms with Crippen LogP contribution in [-0.2, 0) is 11.3 Å². The lowest BCUT2D eigenvalue weighted by Gasteiger charge is -2.15. The van der Waals surface area contributed by atoms with E-state index >= 15 is 0 Å². The predicted octanol–water partition coefficient (Wildman–Crippen LogP) is 3.27. The van der Waals surface area contributed by atoms with E-state index in [1.54, 1.807) is 0 Å². The van der Waals surface area contributed by atoms with Crippen molar-refractivity contribution in [2.24, 2.45) is 0 Å². The van der Waals surface area contributed by atoms with Crippen LogP contribution in [0.1, 0.15) is 31.0 Å². The third kappa shape index (κ3) is 2.50. The number of aromatic nitrogens is 2. The number of imidazole rings is 1. The Labute approximate surface area is 127 Å². The number of amides is 1. The van der Waals surface area contributed by atoms with E-state index < -0.39 is 0 Å². The maximum absolute atomic E-state index is 11.3. The molecule has 1 aromatic carbocycles. The summed E-state index contributed by atoms with van der Waals surface area (Å²) >= 11 is 12.2. The van der Waals surface area contributed by atoms with Crippen molar-refractivity contribution in [3.63, 3.8) is 0 Å². The van der Waals surface area contributed by atoms with Gasteiger partial charge in [-0.25, -0.2) is 4.98 Å². The van der Waals surface area contributed by atoms with Crippen LogP contribution in [0.25, 0.3) is 11.0 Å². The molecule has 0 aliphatic carbocycles. The number of carbonyl (C=O) groups is 1. The largest absolute Gasteiger partial charge is 0.352 e. The molecular weight excluding hydrogens is 297 g/mol. The first kappa shape index (κ1) is 13.7. The Bertz CT molecular complexity index is 666. The molecule has 0 saturated carbocycles. The minimum atomic E-state index is -0.196. The van der Waals surface area contributed by atoms with Crippen LogP contribution in [0.2, 0.25) is 5.02 Å². The summed E-state index contributed by atoms with van der Waals surface area (Å²) < 4.78 is 2.08. The van der Waals surface area contributed by atoms with Crippen molar-refractivity contribution in [1.29, 1.82) is 0 Å². The average molecular weight is 312 g/mol. The zero-order valence-electron chi connectivity index (χ0n) is 11.1. The average Bonchev–Trinajstić information content (AvgIpc) is 2.94. The number of benzene rings is 1. The Morgan fingerprint density at radius 2 is 2.35 bits per heavy atom. The molecule has 2 aromatic rings. The minimum absolute atomic E-state index is 0.114. The summed E-state index contributed by atoms with van der Waals surface area (Å²) in [6.07, 6.45) is 1.44. The fourth-order valence-electron chi connectivity index (χ4n) is 2.65. The number of hydrogen-bond acceptors (Lipinski definition) is 2. The van der Waals surface area contributed by atoms with Gasteiger partial charge in [-0.15, -0.1) is 11.6 Å². The number of nitrogens with zero attached hydrogens (tertiary/aromatic N) is 2. The van der Waals surface area contributed by atoms with Crippen LogP contribution in [0.4, 0.5) is 0 Å². The first-order chi connectivity index (χ1) is 9.54. The summed E-state index contributed by atoms with van der Waals surface area (Å²) in [4.78, 5) is 15.9. The maximum Gasteiger partial charge on any atom is 0.220 e. The molecule has 0 radical (unpaired) electrons. The molecule has 2 atom stereocenters. The molecule has 1 saturated heterocycles. The molecule has 1 aromatic heterocycles. The van der Waals surface area contributed by atoms with E-state index in [9.17, 15) is 4.79 Å².